The summed E-state index contributed by atoms with van der Waals surface area (Å²) < 4.78 is 0. The Hall–Kier alpha value is -0.830. The zero-order valence-corrected chi connectivity index (χ0v) is 11.6. The van der Waals surface area contributed by atoms with Gasteiger partial charge in [-0.15, -0.1) is 0 Å². The Balaban J connectivity index is 3.09. The van der Waals surface area contributed by atoms with Gasteiger partial charge >= 0.3 is 0 Å². The van der Waals surface area contributed by atoms with Gasteiger partial charge in [-0.25, -0.2) is 9.97 Å². The Morgan fingerprint density at radius 1 is 1.06 bits per heavy atom. The maximum absolute atomic E-state index is 5.99. The molecule has 0 aliphatic heterocycles. The van der Waals surface area contributed by atoms with Crippen LogP contribution in [0.5, 0.6) is 0 Å². The molecule has 1 rings (SSSR count). The molecule has 0 bridgehead atoms. The summed E-state index contributed by atoms with van der Waals surface area (Å²) in [5, 5.41) is 3.78. The first kappa shape index (κ1) is 13.2. The van der Waals surface area contributed by atoms with Gasteiger partial charge in [-0.3, -0.25) is 0 Å². The number of hydrogen-bond acceptors (Lipinski definition) is 3. The van der Waals surface area contributed by atoms with E-state index >= 15 is 0 Å². The highest BCUT2D eigenvalue weighted by Gasteiger charge is 2.20. The molecule has 0 amide bonds. The van der Waals surface area contributed by atoms with E-state index in [0.29, 0.717) is 5.15 Å². The van der Waals surface area contributed by atoms with Gasteiger partial charge < -0.3 is 5.32 Å². The lowest BCUT2D eigenvalue weighted by atomic mass is 9.96. The van der Waals surface area contributed by atoms with Crippen molar-refractivity contribution >= 4 is 17.4 Å². The van der Waals surface area contributed by atoms with Crippen molar-refractivity contribution < 1.29 is 0 Å². The van der Waals surface area contributed by atoms with E-state index < -0.39 is 0 Å². The number of aromatic nitrogens is 2. The van der Waals surface area contributed by atoms with E-state index in [-0.39, 0.29) is 11.0 Å². The Morgan fingerprint density at radius 3 is 2.06 bits per heavy atom. The molecule has 0 aliphatic rings. The molecule has 16 heavy (non-hydrogen) atoms. The van der Waals surface area contributed by atoms with Gasteiger partial charge in [0.05, 0.1) is 0 Å². The number of halogens is 1. The summed E-state index contributed by atoms with van der Waals surface area (Å²) in [7, 11) is 0. The van der Waals surface area contributed by atoms with Crippen LogP contribution in [0.3, 0.4) is 0 Å². The Labute approximate surface area is 103 Å². The maximum atomic E-state index is 5.99. The summed E-state index contributed by atoms with van der Waals surface area (Å²) in [6.45, 7) is 12.5. The molecule has 0 fully saturated rings. The summed E-state index contributed by atoms with van der Waals surface area (Å²) in [6, 6.07) is 1.75. The van der Waals surface area contributed by atoms with Crippen LogP contribution in [0.4, 0.5) is 5.82 Å². The lowest BCUT2D eigenvalue weighted by Gasteiger charge is -2.23. The van der Waals surface area contributed by atoms with Crippen LogP contribution in [0.15, 0.2) is 6.07 Å². The van der Waals surface area contributed by atoms with Crippen LogP contribution in [0, 0.1) is 0 Å². The molecule has 0 radical (unpaired) electrons. The molecule has 1 aromatic heterocycles. The standard InChI is InChI=1S/C12H20ClN3/c1-11(2,3)10-14-8(13)7-9(15-10)16-12(4,5)6/h7H,1-6H3,(H,14,15,16). The normalized spacial score (nSPS) is 12.7. The SMILES string of the molecule is CC(C)(C)Nc1cc(Cl)nc(C(C)(C)C)n1. The molecular formula is C12H20ClN3. The fourth-order valence-corrected chi connectivity index (χ4v) is 1.38. The molecule has 0 aliphatic carbocycles. The van der Waals surface area contributed by atoms with Gasteiger partial charge in [-0.1, -0.05) is 32.4 Å². The summed E-state index contributed by atoms with van der Waals surface area (Å²) >= 11 is 5.99. The molecule has 0 saturated carbocycles. The molecule has 3 nitrogen and oxygen atoms in total. The van der Waals surface area contributed by atoms with Crippen molar-refractivity contribution in [2.24, 2.45) is 0 Å². The molecule has 90 valence electrons. The second-order valence-corrected chi connectivity index (χ2v) is 6.41. The van der Waals surface area contributed by atoms with Gasteiger partial charge in [0.25, 0.3) is 0 Å². The quantitative estimate of drug-likeness (QED) is 0.763. The fraction of sp³-hybridized carbons (Fsp3) is 0.667. The fourth-order valence-electron chi connectivity index (χ4n) is 1.20. The van der Waals surface area contributed by atoms with Crippen molar-refractivity contribution in [3.8, 4) is 0 Å². The molecule has 1 heterocycles. The highest BCUT2D eigenvalue weighted by Crippen LogP contribution is 2.23. The summed E-state index contributed by atoms with van der Waals surface area (Å²) in [5.74, 6) is 1.53. The molecule has 0 spiro atoms. The van der Waals surface area contributed by atoms with E-state index in [2.05, 4.69) is 56.8 Å². The molecule has 1 aromatic rings. The van der Waals surface area contributed by atoms with E-state index in [1.165, 1.54) is 0 Å². The highest BCUT2D eigenvalue weighted by atomic mass is 35.5. The zero-order valence-electron chi connectivity index (χ0n) is 10.8. The second-order valence-electron chi connectivity index (χ2n) is 6.02. The van der Waals surface area contributed by atoms with Crippen LogP contribution in [-0.2, 0) is 5.41 Å². The van der Waals surface area contributed by atoms with Crippen molar-refractivity contribution in [2.75, 3.05) is 5.32 Å². The van der Waals surface area contributed by atoms with Crippen LogP contribution < -0.4 is 5.32 Å². The monoisotopic (exact) mass is 241 g/mol. The Morgan fingerprint density at radius 2 is 1.62 bits per heavy atom. The van der Waals surface area contributed by atoms with Crippen LogP contribution >= 0.6 is 11.6 Å². The molecule has 0 aromatic carbocycles. The third-order valence-electron chi connectivity index (χ3n) is 1.87. The first-order valence-electron chi connectivity index (χ1n) is 5.41. The van der Waals surface area contributed by atoms with Gasteiger partial charge in [0.15, 0.2) is 0 Å². The topological polar surface area (TPSA) is 37.8 Å². The van der Waals surface area contributed by atoms with Crippen molar-refractivity contribution in [1.82, 2.24) is 9.97 Å². The maximum Gasteiger partial charge on any atom is 0.137 e. The van der Waals surface area contributed by atoms with Gasteiger partial charge in [0.2, 0.25) is 0 Å². The predicted molar refractivity (Wildman–Crippen MR) is 69.1 cm³/mol. The summed E-state index contributed by atoms with van der Waals surface area (Å²) in [6.07, 6.45) is 0. The number of nitrogens with one attached hydrogen (secondary N) is 1. The van der Waals surface area contributed by atoms with Crippen LogP contribution in [0.1, 0.15) is 47.4 Å². The van der Waals surface area contributed by atoms with Crippen LogP contribution in [-0.4, -0.2) is 15.5 Å². The molecule has 0 atom stereocenters. The largest absolute Gasteiger partial charge is 0.365 e. The Bertz CT molecular complexity index is 375. The number of hydrogen-bond donors (Lipinski definition) is 1. The van der Waals surface area contributed by atoms with Crippen molar-refractivity contribution in [3.63, 3.8) is 0 Å². The third-order valence-corrected chi connectivity index (χ3v) is 2.06. The van der Waals surface area contributed by atoms with Crippen molar-refractivity contribution in [1.29, 1.82) is 0 Å². The molecule has 0 saturated heterocycles. The zero-order chi connectivity index (χ0) is 12.6. The van der Waals surface area contributed by atoms with Crippen molar-refractivity contribution in [2.45, 2.75) is 52.5 Å². The number of rotatable bonds is 1. The summed E-state index contributed by atoms with van der Waals surface area (Å²) in [4.78, 5) is 8.73. The lowest BCUT2D eigenvalue weighted by molar-refractivity contribution is 0.543. The van der Waals surface area contributed by atoms with E-state index in [0.717, 1.165) is 11.6 Å². The second kappa shape index (κ2) is 4.21. The minimum atomic E-state index is -0.0980. The van der Waals surface area contributed by atoms with Gasteiger partial charge in [0.1, 0.15) is 16.8 Å². The van der Waals surface area contributed by atoms with Gasteiger partial charge in [0, 0.05) is 17.0 Å². The van der Waals surface area contributed by atoms with Crippen LogP contribution in [0.25, 0.3) is 0 Å². The van der Waals surface area contributed by atoms with E-state index in [1.54, 1.807) is 6.07 Å². The number of nitrogens with zero attached hydrogens (tertiary/aromatic N) is 2. The van der Waals surface area contributed by atoms with E-state index in [1.807, 2.05) is 0 Å². The van der Waals surface area contributed by atoms with Crippen LogP contribution in [0.2, 0.25) is 5.15 Å². The lowest BCUT2D eigenvalue weighted by Crippen LogP contribution is -2.27. The smallest absolute Gasteiger partial charge is 0.137 e. The van der Waals surface area contributed by atoms with E-state index in [9.17, 15) is 0 Å². The van der Waals surface area contributed by atoms with Gasteiger partial charge in [-0.05, 0) is 20.8 Å². The average Bonchev–Trinajstić information content (AvgIpc) is 1.97. The first-order chi connectivity index (χ1) is 7.08. The molecule has 4 heteroatoms. The highest BCUT2D eigenvalue weighted by molar-refractivity contribution is 6.29. The predicted octanol–water partition coefficient (Wildman–Crippen LogP) is 3.64. The van der Waals surface area contributed by atoms with E-state index in [4.69, 9.17) is 11.6 Å². The minimum Gasteiger partial charge on any atom is -0.365 e. The summed E-state index contributed by atoms with van der Waals surface area (Å²) in [5.41, 5.74) is -0.133. The average molecular weight is 242 g/mol. The first-order valence-corrected chi connectivity index (χ1v) is 5.79. The molecule has 1 N–H and O–H groups in total. The number of anilines is 1. The van der Waals surface area contributed by atoms with Gasteiger partial charge in [-0.2, -0.15) is 0 Å². The third kappa shape index (κ3) is 3.97. The Kier molecular flexibility index (Phi) is 3.48. The molecular weight excluding hydrogens is 222 g/mol. The minimum absolute atomic E-state index is 0.0349. The molecule has 0 unspecified atom stereocenters. The van der Waals surface area contributed by atoms with Crippen molar-refractivity contribution in [3.05, 3.63) is 17.0 Å².